The predicted octanol–water partition coefficient (Wildman–Crippen LogP) is 5.87. The standard InChI is InChI=1S/C27H23N5O2S2/c1-3-29-20-11-9-18(15-28)13-21(20)30-27-32(16-17-7-5-4-6-8-17)25(34)24(36-27)26-31(2)22-14-19(33)10-12-23(22)35-26/h4-14,29,33H,3,16H2,1-2H3/b26-24-,30-27?. The van der Waals surface area contributed by atoms with Crippen molar-refractivity contribution in [2.24, 2.45) is 4.99 Å². The molecular weight excluding hydrogens is 490 g/mol. The van der Waals surface area contributed by atoms with Crippen LogP contribution in [-0.2, 0) is 11.3 Å². The van der Waals surface area contributed by atoms with Crippen LogP contribution < -0.4 is 10.2 Å². The molecular formula is C27H23N5O2S2. The van der Waals surface area contributed by atoms with Crippen LogP contribution in [0.5, 0.6) is 5.75 Å². The fraction of sp³-hybridized carbons (Fsp3) is 0.148. The molecule has 36 heavy (non-hydrogen) atoms. The smallest absolute Gasteiger partial charge is 0.269 e. The number of benzene rings is 3. The van der Waals surface area contributed by atoms with Crippen LogP contribution in [0.2, 0.25) is 0 Å². The lowest BCUT2D eigenvalue weighted by atomic mass is 10.2. The number of aromatic hydroxyl groups is 1. The summed E-state index contributed by atoms with van der Waals surface area (Å²) in [6, 6.07) is 22.5. The quantitative estimate of drug-likeness (QED) is 0.412. The number of thioether (sulfide) groups is 2. The number of carbonyl (C=O) groups excluding carboxylic acids is 1. The molecule has 1 saturated heterocycles. The highest BCUT2D eigenvalue weighted by Gasteiger charge is 2.39. The number of aliphatic imine (C=N–C) groups is 1. The Bertz CT molecular complexity index is 1450. The van der Waals surface area contributed by atoms with Crippen molar-refractivity contribution in [3.05, 3.63) is 87.8 Å². The Balaban J connectivity index is 1.59. The number of nitrogens with zero attached hydrogens (tertiary/aromatic N) is 4. The minimum absolute atomic E-state index is 0.129. The zero-order valence-corrected chi connectivity index (χ0v) is 21.4. The van der Waals surface area contributed by atoms with Crippen molar-refractivity contribution >= 4 is 51.7 Å². The molecule has 0 unspecified atom stereocenters. The summed E-state index contributed by atoms with van der Waals surface area (Å²) in [6.07, 6.45) is 0. The van der Waals surface area contributed by atoms with E-state index in [-0.39, 0.29) is 11.7 Å². The Hall–Kier alpha value is -3.87. The van der Waals surface area contributed by atoms with Gasteiger partial charge in [-0.15, -0.1) is 0 Å². The molecule has 2 aliphatic heterocycles. The number of amides is 1. The minimum Gasteiger partial charge on any atom is -0.508 e. The van der Waals surface area contributed by atoms with Gasteiger partial charge in [-0.1, -0.05) is 42.1 Å². The number of rotatable bonds is 5. The molecule has 2 heterocycles. The summed E-state index contributed by atoms with van der Waals surface area (Å²) in [5, 5.41) is 24.0. The average Bonchev–Trinajstić information content (AvgIpc) is 3.37. The molecule has 5 rings (SSSR count). The van der Waals surface area contributed by atoms with Crippen molar-refractivity contribution in [2.75, 3.05) is 23.8 Å². The summed E-state index contributed by atoms with van der Waals surface area (Å²) < 4.78 is 0. The van der Waals surface area contributed by atoms with Crippen LogP contribution in [0, 0.1) is 11.3 Å². The molecule has 0 aromatic heterocycles. The Kier molecular flexibility index (Phi) is 6.63. The molecule has 3 aromatic carbocycles. The summed E-state index contributed by atoms with van der Waals surface area (Å²) in [5.74, 6) is 0.0505. The molecule has 3 aromatic rings. The second kappa shape index (κ2) is 10.0. The molecule has 2 aliphatic rings. The number of carbonyl (C=O) groups is 1. The van der Waals surface area contributed by atoms with Crippen LogP contribution in [-0.4, -0.2) is 34.7 Å². The molecule has 1 amide bonds. The Morgan fingerprint density at radius 2 is 1.89 bits per heavy atom. The average molecular weight is 514 g/mol. The first-order valence-corrected chi connectivity index (χ1v) is 13.0. The van der Waals surface area contributed by atoms with E-state index in [9.17, 15) is 15.2 Å². The van der Waals surface area contributed by atoms with Gasteiger partial charge in [0.05, 0.1) is 40.3 Å². The van der Waals surface area contributed by atoms with Crippen LogP contribution in [0.1, 0.15) is 18.1 Å². The molecule has 0 saturated carbocycles. The van der Waals surface area contributed by atoms with Gasteiger partial charge in [-0.05, 0) is 54.6 Å². The first-order chi connectivity index (χ1) is 17.5. The van der Waals surface area contributed by atoms with E-state index in [0.717, 1.165) is 26.9 Å². The van der Waals surface area contributed by atoms with E-state index in [0.29, 0.717) is 34.4 Å². The van der Waals surface area contributed by atoms with Crippen LogP contribution in [0.4, 0.5) is 17.1 Å². The third-order valence-corrected chi connectivity index (χ3v) is 8.20. The molecule has 0 bridgehead atoms. The van der Waals surface area contributed by atoms with Crippen molar-refractivity contribution in [1.29, 1.82) is 5.26 Å². The normalized spacial score (nSPS) is 18.0. The molecule has 0 atom stereocenters. The molecule has 180 valence electrons. The largest absolute Gasteiger partial charge is 0.508 e. The second-order valence-corrected chi connectivity index (χ2v) is 10.2. The third-order valence-electron chi connectivity index (χ3n) is 5.77. The van der Waals surface area contributed by atoms with E-state index in [4.69, 9.17) is 4.99 Å². The van der Waals surface area contributed by atoms with Gasteiger partial charge < -0.3 is 15.3 Å². The first kappa shape index (κ1) is 23.9. The van der Waals surface area contributed by atoms with E-state index < -0.39 is 0 Å². The lowest BCUT2D eigenvalue weighted by molar-refractivity contribution is -0.122. The van der Waals surface area contributed by atoms with Crippen molar-refractivity contribution < 1.29 is 9.90 Å². The molecule has 1 fully saturated rings. The fourth-order valence-corrected chi connectivity index (χ4v) is 6.31. The molecule has 0 radical (unpaired) electrons. The van der Waals surface area contributed by atoms with Crippen LogP contribution >= 0.6 is 23.5 Å². The van der Waals surface area contributed by atoms with Gasteiger partial charge in [0.25, 0.3) is 5.91 Å². The number of nitrogens with one attached hydrogen (secondary N) is 1. The highest BCUT2D eigenvalue weighted by atomic mass is 32.2. The fourth-order valence-electron chi connectivity index (χ4n) is 3.99. The number of anilines is 2. The molecule has 9 heteroatoms. The molecule has 0 aliphatic carbocycles. The van der Waals surface area contributed by atoms with Crippen LogP contribution in [0.3, 0.4) is 0 Å². The third kappa shape index (κ3) is 4.53. The molecule has 2 N–H and O–H groups in total. The summed E-state index contributed by atoms with van der Waals surface area (Å²) in [5.41, 5.74) is 3.75. The summed E-state index contributed by atoms with van der Waals surface area (Å²) >= 11 is 2.83. The van der Waals surface area contributed by atoms with Gasteiger partial charge in [-0.25, -0.2) is 4.99 Å². The Morgan fingerprint density at radius 1 is 1.08 bits per heavy atom. The summed E-state index contributed by atoms with van der Waals surface area (Å²) in [7, 11) is 1.89. The number of hydrogen-bond donors (Lipinski definition) is 2. The van der Waals surface area contributed by atoms with Crippen molar-refractivity contribution in [3.63, 3.8) is 0 Å². The maximum Gasteiger partial charge on any atom is 0.269 e. The number of hydrogen-bond acceptors (Lipinski definition) is 8. The Labute approximate surface area is 218 Å². The number of phenolic OH excluding ortho intramolecular Hbond substituents is 1. The number of phenols is 1. The van der Waals surface area contributed by atoms with Gasteiger partial charge in [0.15, 0.2) is 5.17 Å². The lowest BCUT2D eigenvalue weighted by Crippen LogP contribution is -2.29. The van der Waals surface area contributed by atoms with Gasteiger partial charge >= 0.3 is 0 Å². The number of nitriles is 1. The van der Waals surface area contributed by atoms with Crippen LogP contribution in [0.15, 0.2) is 86.6 Å². The molecule has 7 nitrogen and oxygen atoms in total. The number of amidine groups is 1. The first-order valence-electron chi connectivity index (χ1n) is 11.4. The summed E-state index contributed by atoms with van der Waals surface area (Å²) in [6.45, 7) is 3.07. The van der Waals surface area contributed by atoms with E-state index >= 15 is 0 Å². The van der Waals surface area contributed by atoms with Crippen molar-refractivity contribution in [3.8, 4) is 11.8 Å². The lowest BCUT2D eigenvalue weighted by Gasteiger charge is -2.17. The minimum atomic E-state index is -0.129. The van der Waals surface area contributed by atoms with E-state index in [1.165, 1.54) is 23.5 Å². The summed E-state index contributed by atoms with van der Waals surface area (Å²) in [4.78, 5) is 23.9. The van der Waals surface area contributed by atoms with Gasteiger partial charge in [0.2, 0.25) is 0 Å². The van der Waals surface area contributed by atoms with Gasteiger partial charge in [0.1, 0.15) is 10.7 Å². The van der Waals surface area contributed by atoms with E-state index in [1.54, 1.807) is 29.2 Å². The predicted molar refractivity (Wildman–Crippen MR) is 146 cm³/mol. The van der Waals surface area contributed by atoms with Crippen molar-refractivity contribution in [1.82, 2.24) is 4.90 Å². The van der Waals surface area contributed by atoms with Crippen molar-refractivity contribution in [2.45, 2.75) is 18.4 Å². The van der Waals surface area contributed by atoms with E-state index in [1.807, 2.05) is 61.3 Å². The van der Waals surface area contributed by atoms with Crippen LogP contribution in [0.25, 0.3) is 0 Å². The highest BCUT2D eigenvalue weighted by molar-refractivity contribution is 8.19. The van der Waals surface area contributed by atoms with Gasteiger partial charge in [-0.3, -0.25) is 9.69 Å². The second-order valence-electron chi connectivity index (χ2n) is 8.19. The topological polar surface area (TPSA) is 92.0 Å². The Morgan fingerprint density at radius 3 is 2.64 bits per heavy atom. The SMILES string of the molecule is CCNc1ccc(C#N)cc1N=C1S/C(=C2\Sc3ccc(O)cc3N2C)C(=O)N1Cc1ccccc1. The zero-order valence-electron chi connectivity index (χ0n) is 19.7. The van der Waals surface area contributed by atoms with Gasteiger partial charge in [-0.2, -0.15) is 5.26 Å². The molecule has 0 spiro atoms. The highest BCUT2D eigenvalue weighted by Crippen LogP contribution is 2.51. The number of fused-ring (bicyclic) bond motifs is 1. The maximum atomic E-state index is 13.8. The van der Waals surface area contributed by atoms with Gasteiger partial charge in [0, 0.05) is 24.6 Å². The zero-order chi connectivity index (χ0) is 25.2. The maximum absolute atomic E-state index is 13.8. The van der Waals surface area contributed by atoms with E-state index in [2.05, 4.69) is 11.4 Å². The monoisotopic (exact) mass is 513 g/mol.